The maximum atomic E-state index is 11.7. The molecule has 0 aromatic heterocycles. The van der Waals surface area contributed by atoms with E-state index in [1.54, 1.807) is 24.3 Å². The molecule has 1 aromatic carbocycles. The average Bonchev–Trinajstić information content (AvgIpc) is 3.00. The van der Waals surface area contributed by atoms with Gasteiger partial charge in [0, 0.05) is 12.3 Å². The Labute approximate surface area is 116 Å². The molecular weight excluding hydrogens is 258 g/mol. The number of carbonyl (C=O) groups is 2. The van der Waals surface area contributed by atoms with Crippen molar-refractivity contribution in [2.45, 2.75) is 18.9 Å². The Hall–Kier alpha value is -2.39. The molecule has 2 rings (SSSR count). The van der Waals surface area contributed by atoms with Crippen LogP contribution in [0.5, 0.6) is 0 Å². The number of nitrogens with zero attached hydrogens (tertiary/aromatic N) is 1. The van der Waals surface area contributed by atoms with Crippen molar-refractivity contribution in [2.24, 2.45) is 0 Å². The molecule has 6 heteroatoms. The van der Waals surface area contributed by atoms with Crippen molar-refractivity contribution in [1.29, 1.82) is 5.26 Å². The lowest BCUT2D eigenvalue weighted by atomic mass is 10.2. The summed E-state index contributed by atoms with van der Waals surface area (Å²) in [5.74, 6) is -0.571. The lowest BCUT2D eigenvalue weighted by Crippen LogP contribution is -2.39. The summed E-state index contributed by atoms with van der Waals surface area (Å²) < 4.78 is 5.22. The minimum Gasteiger partial charge on any atom is -0.368 e. The van der Waals surface area contributed by atoms with Crippen LogP contribution < -0.4 is 10.6 Å². The SMILES string of the molecule is N#Cc1ccc(NC(=O)CNC(=O)C2CCCO2)cc1. The van der Waals surface area contributed by atoms with Crippen LogP contribution in [0.3, 0.4) is 0 Å². The summed E-state index contributed by atoms with van der Waals surface area (Å²) >= 11 is 0. The van der Waals surface area contributed by atoms with E-state index >= 15 is 0 Å². The lowest BCUT2D eigenvalue weighted by Gasteiger charge is -2.10. The molecule has 1 saturated heterocycles. The van der Waals surface area contributed by atoms with Crippen LogP contribution in [-0.4, -0.2) is 31.1 Å². The molecule has 1 aliphatic rings. The molecule has 1 atom stereocenters. The highest BCUT2D eigenvalue weighted by Crippen LogP contribution is 2.11. The highest BCUT2D eigenvalue weighted by atomic mass is 16.5. The number of benzene rings is 1. The highest BCUT2D eigenvalue weighted by Gasteiger charge is 2.23. The molecule has 1 heterocycles. The smallest absolute Gasteiger partial charge is 0.249 e. The Balaban J connectivity index is 1.77. The van der Waals surface area contributed by atoms with Crippen molar-refractivity contribution in [3.05, 3.63) is 29.8 Å². The second-order valence-corrected chi connectivity index (χ2v) is 4.46. The van der Waals surface area contributed by atoms with E-state index in [-0.39, 0.29) is 18.4 Å². The van der Waals surface area contributed by atoms with Crippen molar-refractivity contribution in [3.8, 4) is 6.07 Å². The summed E-state index contributed by atoms with van der Waals surface area (Å²) in [5, 5.41) is 13.8. The zero-order chi connectivity index (χ0) is 14.4. The largest absolute Gasteiger partial charge is 0.368 e. The Morgan fingerprint density at radius 1 is 1.35 bits per heavy atom. The van der Waals surface area contributed by atoms with Gasteiger partial charge < -0.3 is 15.4 Å². The number of rotatable bonds is 4. The first kappa shape index (κ1) is 14.0. The predicted octanol–water partition coefficient (Wildman–Crippen LogP) is 0.792. The quantitative estimate of drug-likeness (QED) is 0.848. The molecule has 0 bridgehead atoms. The molecule has 20 heavy (non-hydrogen) atoms. The van der Waals surface area contributed by atoms with Crippen molar-refractivity contribution >= 4 is 17.5 Å². The molecule has 0 aliphatic carbocycles. The third kappa shape index (κ3) is 3.80. The van der Waals surface area contributed by atoms with Crippen LogP contribution in [0.15, 0.2) is 24.3 Å². The number of anilines is 1. The molecule has 0 spiro atoms. The van der Waals surface area contributed by atoms with Gasteiger partial charge in [0.15, 0.2) is 0 Å². The third-order valence-corrected chi connectivity index (χ3v) is 2.94. The van der Waals surface area contributed by atoms with E-state index < -0.39 is 6.10 Å². The molecule has 1 unspecified atom stereocenters. The predicted molar refractivity (Wildman–Crippen MR) is 71.8 cm³/mol. The van der Waals surface area contributed by atoms with Gasteiger partial charge in [-0.05, 0) is 37.1 Å². The summed E-state index contributed by atoms with van der Waals surface area (Å²) in [6, 6.07) is 8.49. The lowest BCUT2D eigenvalue weighted by molar-refractivity contribution is -0.131. The normalized spacial score (nSPS) is 17.2. The van der Waals surface area contributed by atoms with Crippen molar-refractivity contribution in [1.82, 2.24) is 5.32 Å². The minimum absolute atomic E-state index is 0.0985. The first-order valence-electron chi connectivity index (χ1n) is 6.38. The number of nitriles is 1. The van der Waals surface area contributed by atoms with Gasteiger partial charge in [0.1, 0.15) is 6.10 Å². The average molecular weight is 273 g/mol. The minimum atomic E-state index is -0.433. The van der Waals surface area contributed by atoms with Gasteiger partial charge in [-0.1, -0.05) is 0 Å². The second-order valence-electron chi connectivity index (χ2n) is 4.46. The summed E-state index contributed by atoms with van der Waals surface area (Å²) in [6.07, 6.45) is 1.14. The van der Waals surface area contributed by atoms with Crippen molar-refractivity contribution < 1.29 is 14.3 Å². The van der Waals surface area contributed by atoms with E-state index in [0.717, 1.165) is 6.42 Å². The van der Waals surface area contributed by atoms with Crippen LogP contribution in [-0.2, 0) is 14.3 Å². The van der Waals surface area contributed by atoms with E-state index in [4.69, 9.17) is 10.00 Å². The topological polar surface area (TPSA) is 91.2 Å². The number of hydrogen-bond acceptors (Lipinski definition) is 4. The molecule has 0 saturated carbocycles. The highest BCUT2D eigenvalue weighted by molar-refractivity contribution is 5.95. The van der Waals surface area contributed by atoms with Crippen LogP contribution in [0.4, 0.5) is 5.69 Å². The van der Waals surface area contributed by atoms with E-state index in [9.17, 15) is 9.59 Å². The fourth-order valence-corrected chi connectivity index (χ4v) is 1.90. The summed E-state index contributed by atoms with van der Waals surface area (Å²) in [5.41, 5.74) is 1.11. The summed E-state index contributed by atoms with van der Waals surface area (Å²) in [7, 11) is 0. The van der Waals surface area contributed by atoms with E-state index in [0.29, 0.717) is 24.3 Å². The molecule has 1 fully saturated rings. The van der Waals surface area contributed by atoms with Gasteiger partial charge in [0.25, 0.3) is 0 Å². The van der Waals surface area contributed by atoms with Crippen LogP contribution in [0, 0.1) is 11.3 Å². The van der Waals surface area contributed by atoms with E-state index in [1.807, 2.05) is 6.07 Å². The van der Waals surface area contributed by atoms with Crippen molar-refractivity contribution in [2.75, 3.05) is 18.5 Å². The van der Waals surface area contributed by atoms with Gasteiger partial charge in [0.2, 0.25) is 11.8 Å². The monoisotopic (exact) mass is 273 g/mol. The van der Waals surface area contributed by atoms with Crippen LogP contribution in [0.1, 0.15) is 18.4 Å². The molecular formula is C14H15N3O3. The maximum absolute atomic E-state index is 11.7. The molecule has 2 amide bonds. The fraction of sp³-hybridized carbons (Fsp3) is 0.357. The third-order valence-electron chi connectivity index (χ3n) is 2.94. The Morgan fingerprint density at radius 3 is 2.70 bits per heavy atom. The maximum Gasteiger partial charge on any atom is 0.249 e. The van der Waals surface area contributed by atoms with Gasteiger partial charge in [-0.2, -0.15) is 5.26 Å². The van der Waals surface area contributed by atoms with Crippen LogP contribution in [0.25, 0.3) is 0 Å². The zero-order valence-corrected chi connectivity index (χ0v) is 10.9. The first-order chi connectivity index (χ1) is 9.69. The molecule has 0 radical (unpaired) electrons. The van der Waals surface area contributed by atoms with Gasteiger partial charge in [-0.15, -0.1) is 0 Å². The summed E-state index contributed by atoms with van der Waals surface area (Å²) in [6.45, 7) is 0.494. The molecule has 6 nitrogen and oxygen atoms in total. The number of nitrogens with one attached hydrogen (secondary N) is 2. The Bertz CT molecular complexity index is 528. The Kier molecular flexibility index (Phi) is 4.69. The number of carbonyl (C=O) groups excluding carboxylic acids is 2. The molecule has 1 aliphatic heterocycles. The standard InChI is InChI=1S/C14H15N3O3/c15-8-10-3-5-11(6-4-10)17-13(18)9-16-14(19)12-2-1-7-20-12/h3-6,12H,1-2,7,9H2,(H,16,19)(H,17,18). The first-order valence-corrected chi connectivity index (χ1v) is 6.38. The second kappa shape index (κ2) is 6.68. The molecule has 1 aromatic rings. The number of amides is 2. The molecule has 2 N–H and O–H groups in total. The van der Waals surface area contributed by atoms with Gasteiger partial charge in [-0.25, -0.2) is 0 Å². The zero-order valence-electron chi connectivity index (χ0n) is 10.9. The van der Waals surface area contributed by atoms with E-state index in [2.05, 4.69) is 10.6 Å². The number of ether oxygens (including phenoxy) is 1. The fourth-order valence-electron chi connectivity index (χ4n) is 1.90. The van der Waals surface area contributed by atoms with Gasteiger partial charge in [0.05, 0.1) is 18.2 Å². The number of hydrogen-bond donors (Lipinski definition) is 2. The summed E-state index contributed by atoms with van der Waals surface area (Å²) in [4.78, 5) is 23.3. The van der Waals surface area contributed by atoms with Crippen molar-refractivity contribution in [3.63, 3.8) is 0 Å². The molecule has 104 valence electrons. The van der Waals surface area contributed by atoms with Crippen LogP contribution >= 0.6 is 0 Å². The van der Waals surface area contributed by atoms with E-state index in [1.165, 1.54) is 0 Å². The van der Waals surface area contributed by atoms with Gasteiger partial charge in [-0.3, -0.25) is 9.59 Å². The van der Waals surface area contributed by atoms with Gasteiger partial charge >= 0.3 is 0 Å². The van der Waals surface area contributed by atoms with Crippen LogP contribution in [0.2, 0.25) is 0 Å². The Morgan fingerprint density at radius 2 is 2.10 bits per heavy atom.